The minimum absolute atomic E-state index is 0.440. The zero-order chi connectivity index (χ0) is 13.7. The van der Waals surface area contributed by atoms with E-state index < -0.39 is 0 Å². The van der Waals surface area contributed by atoms with E-state index in [0.717, 1.165) is 22.4 Å². The van der Waals surface area contributed by atoms with Crippen LogP contribution in [-0.4, -0.2) is 11.5 Å². The van der Waals surface area contributed by atoms with Crippen LogP contribution in [0.5, 0.6) is 5.75 Å². The molecule has 0 spiro atoms. The smallest absolute Gasteiger partial charge is 0.139 e. The molecule has 0 fully saturated rings. The molecule has 0 saturated carbocycles. The molecule has 0 atom stereocenters. The summed E-state index contributed by atoms with van der Waals surface area (Å²) < 4.78 is 6.62. The van der Waals surface area contributed by atoms with Gasteiger partial charge in [-0.1, -0.05) is 33.6 Å². The fraction of sp³-hybridized carbons (Fsp3) is 0.214. The maximum absolute atomic E-state index is 6.06. The minimum Gasteiger partial charge on any atom is -0.487 e. The molecule has 0 bridgehead atoms. The largest absolute Gasteiger partial charge is 0.487 e. The van der Waals surface area contributed by atoms with E-state index >= 15 is 0 Å². The summed E-state index contributed by atoms with van der Waals surface area (Å²) in [6, 6.07) is 9.44. The van der Waals surface area contributed by atoms with Gasteiger partial charge in [0.15, 0.2) is 0 Å². The lowest BCUT2D eigenvalue weighted by molar-refractivity contribution is 0.306. The second kappa shape index (κ2) is 6.78. The minimum atomic E-state index is 0.440. The van der Waals surface area contributed by atoms with Crippen molar-refractivity contribution < 1.29 is 4.74 Å². The molecule has 0 aliphatic carbocycles. The van der Waals surface area contributed by atoms with Crippen molar-refractivity contribution >= 4 is 33.3 Å². The highest BCUT2D eigenvalue weighted by atomic mass is 79.9. The van der Waals surface area contributed by atoms with Crippen LogP contribution in [0.2, 0.25) is 5.02 Å². The highest BCUT2D eigenvalue weighted by molar-refractivity contribution is 9.10. The van der Waals surface area contributed by atoms with Gasteiger partial charge < -0.3 is 10.1 Å². The van der Waals surface area contributed by atoms with Gasteiger partial charge >= 0.3 is 0 Å². The van der Waals surface area contributed by atoms with Gasteiger partial charge in [0.05, 0.1) is 5.02 Å². The predicted molar refractivity (Wildman–Crippen MR) is 81.9 cm³/mol. The van der Waals surface area contributed by atoms with Gasteiger partial charge in [-0.25, -0.2) is 4.98 Å². The molecule has 2 aromatic rings. The number of nitrogens with zero attached hydrogens (tertiary/aromatic N) is 1. The van der Waals surface area contributed by atoms with Crippen molar-refractivity contribution in [3.8, 4) is 5.75 Å². The van der Waals surface area contributed by atoms with Crippen LogP contribution in [-0.2, 0) is 6.61 Å². The van der Waals surface area contributed by atoms with Crippen LogP contribution in [0.4, 0.5) is 5.82 Å². The number of halogens is 2. The van der Waals surface area contributed by atoms with E-state index in [0.29, 0.717) is 17.4 Å². The van der Waals surface area contributed by atoms with Crippen LogP contribution in [0.15, 0.2) is 41.0 Å². The third-order valence-electron chi connectivity index (χ3n) is 2.47. The Balaban J connectivity index is 2.00. The molecule has 100 valence electrons. The average molecular weight is 342 g/mol. The first-order valence-electron chi connectivity index (χ1n) is 5.95. The van der Waals surface area contributed by atoms with Gasteiger partial charge in [0.25, 0.3) is 0 Å². The highest BCUT2D eigenvalue weighted by Gasteiger charge is 2.03. The van der Waals surface area contributed by atoms with Gasteiger partial charge in [-0.3, -0.25) is 0 Å². The third kappa shape index (κ3) is 4.11. The Morgan fingerprint density at radius 3 is 2.84 bits per heavy atom. The van der Waals surface area contributed by atoms with Gasteiger partial charge in [-0.05, 0) is 31.2 Å². The molecule has 0 aliphatic heterocycles. The zero-order valence-electron chi connectivity index (χ0n) is 10.5. The van der Waals surface area contributed by atoms with Crippen molar-refractivity contribution in [2.45, 2.75) is 13.5 Å². The molecule has 0 saturated heterocycles. The van der Waals surface area contributed by atoms with Gasteiger partial charge in [0, 0.05) is 22.8 Å². The summed E-state index contributed by atoms with van der Waals surface area (Å²) in [5.41, 5.74) is 0.998. The summed E-state index contributed by atoms with van der Waals surface area (Å²) >= 11 is 9.45. The Labute approximate surface area is 126 Å². The van der Waals surface area contributed by atoms with Crippen molar-refractivity contribution in [2.75, 3.05) is 11.9 Å². The lowest BCUT2D eigenvalue weighted by atomic mass is 10.3. The van der Waals surface area contributed by atoms with Crippen LogP contribution in [0, 0.1) is 0 Å². The van der Waals surface area contributed by atoms with E-state index in [4.69, 9.17) is 16.3 Å². The van der Waals surface area contributed by atoms with Crippen LogP contribution in [0.1, 0.15) is 12.5 Å². The first kappa shape index (κ1) is 14.2. The molecule has 0 unspecified atom stereocenters. The van der Waals surface area contributed by atoms with Crippen LogP contribution in [0.25, 0.3) is 0 Å². The fourth-order valence-electron chi connectivity index (χ4n) is 1.54. The number of aromatic nitrogens is 1. The average Bonchev–Trinajstić information content (AvgIpc) is 2.42. The number of hydrogen-bond donors (Lipinski definition) is 1. The second-order valence-electron chi connectivity index (χ2n) is 3.95. The Morgan fingerprint density at radius 1 is 1.32 bits per heavy atom. The summed E-state index contributed by atoms with van der Waals surface area (Å²) in [6.07, 6.45) is 1.80. The number of anilines is 1. The molecule has 1 aromatic carbocycles. The van der Waals surface area contributed by atoms with Crippen molar-refractivity contribution in [2.24, 2.45) is 0 Å². The van der Waals surface area contributed by atoms with E-state index in [1.54, 1.807) is 12.3 Å². The first-order valence-corrected chi connectivity index (χ1v) is 7.13. The normalized spacial score (nSPS) is 10.3. The van der Waals surface area contributed by atoms with Crippen molar-refractivity contribution in [3.63, 3.8) is 0 Å². The topological polar surface area (TPSA) is 34.1 Å². The Bertz CT molecular complexity index is 546. The van der Waals surface area contributed by atoms with Gasteiger partial charge in [0.2, 0.25) is 0 Å². The lowest BCUT2D eigenvalue weighted by Gasteiger charge is -2.09. The van der Waals surface area contributed by atoms with Crippen molar-refractivity contribution in [1.29, 1.82) is 0 Å². The zero-order valence-corrected chi connectivity index (χ0v) is 12.8. The summed E-state index contributed by atoms with van der Waals surface area (Å²) in [5, 5.41) is 3.74. The van der Waals surface area contributed by atoms with Crippen molar-refractivity contribution in [1.82, 2.24) is 4.98 Å². The summed E-state index contributed by atoms with van der Waals surface area (Å²) in [6.45, 7) is 3.33. The quantitative estimate of drug-likeness (QED) is 0.869. The molecule has 0 radical (unpaired) electrons. The maximum atomic E-state index is 6.06. The van der Waals surface area contributed by atoms with E-state index in [1.165, 1.54) is 0 Å². The number of rotatable bonds is 5. The van der Waals surface area contributed by atoms with Crippen LogP contribution < -0.4 is 10.1 Å². The van der Waals surface area contributed by atoms with E-state index in [1.807, 2.05) is 31.2 Å². The molecule has 2 rings (SSSR count). The molecule has 1 N–H and O–H groups in total. The summed E-state index contributed by atoms with van der Waals surface area (Å²) in [7, 11) is 0. The molecule has 19 heavy (non-hydrogen) atoms. The Morgan fingerprint density at radius 2 is 2.16 bits per heavy atom. The molecule has 0 aliphatic rings. The van der Waals surface area contributed by atoms with Gasteiger partial charge in [0.1, 0.15) is 18.2 Å². The van der Waals surface area contributed by atoms with Crippen LogP contribution in [0.3, 0.4) is 0 Å². The van der Waals surface area contributed by atoms with E-state index in [9.17, 15) is 0 Å². The monoisotopic (exact) mass is 340 g/mol. The standard InChI is InChI=1S/C14H14BrClN2O/c1-2-17-14-6-3-10(8-18-14)9-19-13-7-11(15)4-5-12(13)16/h3-8H,2,9H2,1H3,(H,17,18). The van der Waals surface area contributed by atoms with E-state index in [2.05, 4.69) is 26.2 Å². The Kier molecular flexibility index (Phi) is 5.05. The predicted octanol–water partition coefficient (Wildman–Crippen LogP) is 4.51. The number of benzene rings is 1. The fourth-order valence-corrected chi connectivity index (χ4v) is 2.06. The number of hydrogen-bond acceptors (Lipinski definition) is 3. The summed E-state index contributed by atoms with van der Waals surface area (Å²) in [4.78, 5) is 4.29. The number of pyridine rings is 1. The van der Waals surface area contributed by atoms with E-state index in [-0.39, 0.29) is 0 Å². The van der Waals surface area contributed by atoms with Crippen LogP contribution >= 0.6 is 27.5 Å². The number of nitrogens with one attached hydrogen (secondary N) is 1. The molecular formula is C14H14BrClN2O. The lowest BCUT2D eigenvalue weighted by Crippen LogP contribution is -2.01. The summed E-state index contributed by atoms with van der Waals surface area (Å²) in [5.74, 6) is 1.53. The molecule has 1 aromatic heterocycles. The molecule has 0 amide bonds. The molecule has 1 heterocycles. The molecule has 5 heteroatoms. The molecular weight excluding hydrogens is 328 g/mol. The van der Waals surface area contributed by atoms with Crippen molar-refractivity contribution in [3.05, 3.63) is 51.6 Å². The second-order valence-corrected chi connectivity index (χ2v) is 5.27. The maximum Gasteiger partial charge on any atom is 0.139 e. The van der Waals surface area contributed by atoms with Gasteiger partial charge in [-0.15, -0.1) is 0 Å². The number of ether oxygens (including phenoxy) is 1. The molecule has 3 nitrogen and oxygen atoms in total. The third-order valence-corrected chi connectivity index (χ3v) is 3.28. The Hall–Kier alpha value is -1.26. The SMILES string of the molecule is CCNc1ccc(COc2cc(Br)ccc2Cl)cn1. The van der Waals surface area contributed by atoms with Gasteiger partial charge in [-0.2, -0.15) is 0 Å². The highest BCUT2D eigenvalue weighted by Crippen LogP contribution is 2.28. The first-order chi connectivity index (χ1) is 9.19.